The maximum absolute atomic E-state index is 6.00. The predicted octanol–water partition coefficient (Wildman–Crippen LogP) is 1.94. The first-order chi connectivity index (χ1) is 8.79. The van der Waals surface area contributed by atoms with Gasteiger partial charge < -0.3 is 19.9 Å². The van der Waals surface area contributed by atoms with E-state index in [4.69, 9.17) is 19.9 Å². The van der Waals surface area contributed by atoms with Crippen LogP contribution < -0.4 is 15.2 Å². The highest BCUT2D eigenvalue weighted by Crippen LogP contribution is 2.47. The molecule has 0 atom stereocenters. The minimum Gasteiger partial charge on any atom is -0.454 e. The molecule has 4 heteroatoms. The lowest BCUT2D eigenvalue weighted by Crippen LogP contribution is -2.42. The van der Waals surface area contributed by atoms with Gasteiger partial charge in [-0.25, -0.2) is 0 Å². The first-order valence-electron chi connectivity index (χ1n) is 6.41. The zero-order valence-electron chi connectivity index (χ0n) is 10.7. The Morgan fingerprint density at radius 2 is 2.00 bits per heavy atom. The minimum atomic E-state index is 0.120. The SMILES string of the molecule is COCc1cc2c(cc1C1(CN)CCC1)OCO2. The van der Waals surface area contributed by atoms with Gasteiger partial charge in [-0.2, -0.15) is 0 Å². The van der Waals surface area contributed by atoms with Gasteiger partial charge >= 0.3 is 0 Å². The molecule has 98 valence electrons. The smallest absolute Gasteiger partial charge is 0.231 e. The first kappa shape index (κ1) is 11.8. The summed E-state index contributed by atoms with van der Waals surface area (Å²) in [6, 6.07) is 4.14. The van der Waals surface area contributed by atoms with E-state index in [1.54, 1.807) is 7.11 Å². The zero-order chi connectivity index (χ0) is 12.6. The lowest BCUT2D eigenvalue weighted by atomic mass is 9.63. The molecule has 1 aliphatic carbocycles. The fourth-order valence-corrected chi connectivity index (χ4v) is 2.94. The second-order valence-electron chi connectivity index (χ2n) is 5.13. The molecule has 0 unspecified atom stereocenters. The molecule has 2 aliphatic rings. The standard InChI is InChI=1S/C14H19NO3/c1-16-7-10-5-12-13(18-9-17-12)6-11(10)14(8-15)3-2-4-14/h5-6H,2-4,7-9,15H2,1H3. The van der Waals surface area contributed by atoms with Crippen LogP contribution in [0.2, 0.25) is 0 Å². The van der Waals surface area contributed by atoms with Crippen LogP contribution in [-0.2, 0) is 16.8 Å². The van der Waals surface area contributed by atoms with Crippen molar-refractivity contribution in [1.82, 2.24) is 0 Å². The van der Waals surface area contributed by atoms with Crippen LogP contribution in [-0.4, -0.2) is 20.4 Å². The van der Waals surface area contributed by atoms with E-state index in [1.165, 1.54) is 17.5 Å². The molecule has 1 heterocycles. The van der Waals surface area contributed by atoms with Crippen LogP contribution in [0.3, 0.4) is 0 Å². The Balaban J connectivity index is 2.05. The Hall–Kier alpha value is -1.26. The van der Waals surface area contributed by atoms with Crippen molar-refractivity contribution in [3.05, 3.63) is 23.3 Å². The maximum Gasteiger partial charge on any atom is 0.231 e. The number of hydrogen-bond acceptors (Lipinski definition) is 4. The van der Waals surface area contributed by atoms with Crippen molar-refractivity contribution < 1.29 is 14.2 Å². The molecule has 0 radical (unpaired) electrons. The van der Waals surface area contributed by atoms with Gasteiger partial charge in [0, 0.05) is 19.1 Å². The van der Waals surface area contributed by atoms with Crippen LogP contribution in [0.1, 0.15) is 30.4 Å². The summed E-state index contributed by atoms with van der Waals surface area (Å²) in [7, 11) is 1.71. The number of ether oxygens (including phenoxy) is 3. The van der Waals surface area contributed by atoms with Gasteiger partial charge in [0.2, 0.25) is 6.79 Å². The molecule has 0 saturated heterocycles. The Labute approximate surface area is 107 Å². The van der Waals surface area contributed by atoms with E-state index in [1.807, 2.05) is 6.07 Å². The van der Waals surface area contributed by atoms with Gasteiger partial charge in [-0.05, 0) is 36.1 Å². The summed E-state index contributed by atoms with van der Waals surface area (Å²) in [5, 5.41) is 0. The zero-order valence-corrected chi connectivity index (χ0v) is 10.7. The summed E-state index contributed by atoms with van der Waals surface area (Å²) >= 11 is 0. The summed E-state index contributed by atoms with van der Waals surface area (Å²) in [4.78, 5) is 0. The normalized spacial score (nSPS) is 19.7. The van der Waals surface area contributed by atoms with Crippen molar-refractivity contribution in [2.75, 3.05) is 20.4 Å². The van der Waals surface area contributed by atoms with Gasteiger partial charge in [-0.3, -0.25) is 0 Å². The van der Waals surface area contributed by atoms with E-state index >= 15 is 0 Å². The highest BCUT2D eigenvalue weighted by atomic mass is 16.7. The monoisotopic (exact) mass is 249 g/mol. The van der Waals surface area contributed by atoms with Crippen molar-refractivity contribution in [3.8, 4) is 11.5 Å². The molecule has 0 bridgehead atoms. The number of hydrogen-bond donors (Lipinski definition) is 1. The molecule has 4 nitrogen and oxygen atoms in total. The van der Waals surface area contributed by atoms with Crippen LogP contribution in [0.5, 0.6) is 11.5 Å². The Bertz CT molecular complexity index is 449. The highest BCUT2D eigenvalue weighted by Gasteiger charge is 2.39. The molecular formula is C14H19NO3. The quantitative estimate of drug-likeness (QED) is 0.886. The largest absolute Gasteiger partial charge is 0.454 e. The van der Waals surface area contributed by atoms with E-state index in [2.05, 4.69) is 6.07 Å². The average molecular weight is 249 g/mol. The first-order valence-corrected chi connectivity index (χ1v) is 6.41. The van der Waals surface area contributed by atoms with E-state index in [-0.39, 0.29) is 5.41 Å². The number of rotatable bonds is 4. The molecule has 1 aromatic carbocycles. The summed E-state index contributed by atoms with van der Waals surface area (Å²) in [6.07, 6.45) is 3.55. The minimum absolute atomic E-state index is 0.120. The third-order valence-electron chi connectivity index (χ3n) is 4.17. The fourth-order valence-electron chi connectivity index (χ4n) is 2.94. The van der Waals surface area contributed by atoms with E-state index in [0.29, 0.717) is 19.9 Å². The second kappa shape index (κ2) is 4.44. The van der Waals surface area contributed by atoms with Gasteiger partial charge in [0.1, 0.15) is 0 Å². The van der Waals surface area contributed by atoms with Gasteiger partial charge in [0.05, 0.1) is 6.61 Å². The van der Waals surface area contributed by atoms with Crippen LogP contribution >= 0.6 is 0 Å². The summed E-state index contributed by atoms with van der Waals surface area (Å²) in [5.41, 5.74) is 8.57. The highest BCUT2D eigenvalue weighted by molar-refractivity contribution is 5.51. The third-order valence-corrected chi connectivity index (χ3v) is 4.17. The molecule has 1 saturated carbocycles. The molecule has 1 aliphatic heterocycles. The Kier molecular flexibility index (Phi) is 2.92. The molecule has 2 N–H and O–H groups in total. The average Bonchev–Trinajstić information content (AvgIpc) is 2.76. The predicted molar refractivity (Wildman–Crippen MR) is 67.9 cm³/mol. The van der Waals surface area contributed by atoms with Gasteiger partial charge in [-0.15, -0.1) is 0 Å². The van der Waals surface area contributed by atoms with Gasteiger partial charge in [-0.1, -0.05) is 6.42 Å². The summed E-state index contributed by atoms with van der Waals surface area (Å²) in [6.45, 7) is 1.58. The molecule has 18 heavy (non-hydrogen) atoms. The number of nitrogens with two attached hydrogens (primary N) is 1. The second-order valence-corrected chi connectivity index (χ2v) is 5.13. The van der Waals surface area contributed by atoms with E-state index in [9.17, 15) is 0 Å². The molecular weight excluding hydrogens is 230 g/mol. The molecule has 1 fully saturated rings. The molecule has 0 amide bonds. The van der Waals surface area contributed by atoms with Crippen LogP contribution in [0, 0.1) is 0 Å². The van der Waals surface area contributed by atoms with Crippen LogP contribution in [0.4, 0.5) is 0 Å². The van der Waals surface area contributed by atoms with Gasteiger partial charge in [0.25, 0.3) is 0 Å². The van der Waals surface area contributed by atoms with Crippen LogP contribution in [0.15, 0.2) is 12.1 Å². The van der Waals surface area contributed by atoms with Gasteiger partial charge in [0.15, 0.2) is 11.5 Å². The molecule has 0 aromatic heterocycles. The van der Waals surface area contributed by atoms with Crippen molar-refractivity contribution in [3.63, 3.8) is 0 Å². The van der Waals surface area contributed by atoms with Crippen molar-refractivity contribution >= 4 is 0 Å². The topological polar surface area (TPSA) is 53.7 Å². The van der Waals surface area contributed by atoms with E-state index in [0.717, 1.165) is 24.3 Å². The Morgan fingerprint density at radius 3 is 2.56 bits per heavy atom. The molecule has 0 spiro atoms. The lowest BCUT2D eigenvalue weighted by Gasteiger charge is -2.42. The van der Waals surface area contributed by atoms with E-state index < -0.39 is 0 Å². The lowest BCUT2D eigenvalue weighted by molar-refractivity contribution is 0.173. The number of benzene rings is 1. The number of fused-ring (bicyclic) bond motifs is 1. The maximum atomic E-state index is 6.00. The number of methoxy groups -OCH3 is 1. The third kappa shape index (κ3) is 1.68. The van der Waals surface area contributed by atoms with Crippen molar-refractivity contribution in [2.45, 2.75) is 31.3 Å². The summed E-state index contributed by atoms with van der Waals surface area (Å²) < 4.78 is 16.2. The fraction of sp³-hybridized carbons (Fsp3) is 0.571. The molecule has 3 rings (SSSR count). The van der Waals surface area contributed by atoms with Crippen LogP contribution in [0.25, 0.3) is 0 Å². The molecule has 1 aromatic rings. The summed E-state index contributed by atoms with van der Waals surface area (Å²) in [5.74, 6) is 1.65. The van der Waals surface area contributed by atoms with Crippen molar-refractivity contribution in [1.29, 1.82) is 0 Å². The Morgan fingerprint density at radius 1 is 1.28 bits per heavy atom. The van der Waals surface area contributed by atoms with Crippen molar-refractivity contribution in [2.24, 2.45) is 5.73 Å².